The zero-order valence-corrected chi connectivity index (χ0v) is 12.4. The molecule has 3 N–H and O–H groups in total. The molecule has 0 unspecified atom stereocenters. The Balaban J connectivity index is 1.45. The van der Waals surface area contributed by atoms with Gasteiger partial charge in [-0.2, -0.15) is 5.10 Å². The predicted octanol–water partition coefficient (Wildman–Crippen LogP) is 1.92. The van der Waals surface area contributed by atoms with E-state index in [1.165, 1.54) is 6.20 Å². The molecule has 0 aliphatic heterocycles. The highest BCUT2D eigenvalue weighted by Crippen LogP contribution is 2.47. The van der Waals surface area contributed by atoms with Crippen LogP contribution in [-0.4, -0.2) is 28.6 Å². The van der Waals surface area contributed by atoms with Gasteiger partial charge in [-0.15, -0.1) is 0 Å². The van der Waals surface area contributed by atoms with Crippen LogP contribution in [0.3, 0.4) is 0 Å². The normalized spacial score (nSPS) is 19.5. The van der Waals surface area contributed by atoms with E-state index < -0.39 is 0 Å². The molecule has 6 nitrogen and oxygen atoms in total. The summed E-state index contributed by atoms with van der Waals surface area (Å²) in [6.07, 6.45) is 3.87. The van der Waals surface area contributed by atoms with Crippen LogP contribution in [0.15, 0.2) is 36.7 Å². The van der Waals surface area contributed by atoms with E-state index in [9.17, 15) is 9.59 Å². The molecule has 1 heterocycles. The van der Waals surface area contributed by atoms with Crippen molar-refractivity contribution in [1.82, 2.24) is 15.5 Å². The van der Waals surface area contributed by atoms with Crippen LogP contribution in [0.5, 0.6) is 0 Å². The van der Waals surface area contributed by atoms with Crippen molar-refractivity contribution in [3.05, 3.63) is 47.2 Å². The largest absolute Gasteiger partial charge is 0.347 e. The number of amides is 2. The number of halogens is 1. The molecule has 0 radical (unpaired) electrons. The highest BCUT2D eigenvalue weighted by molar-refractivity contribution is 6.30. The number of carbonyl (C=O) groups is 2. The third-order valence-electron chi connectivity index (χ3n) is 3.63. The molecule has 0 bridgehead atoms. The lowest BCUT2D eigenvalue weighted by Crippen LogP contribution is -2.34. The van der Waals surface area contributed by atoms with E-state index in [1.54, 1.807) is 6.20 Å². The van der Waals surface area contributed by atoms with Crippen LogP contribution in [0.1, 0.15) is 17.9 Å². The number of nitrogens with one attached hydrogen (secondary N) is 3. The molecular weight excluding hydrogens is 304 g/mol. The minimum Gasteiger partial charge on any atom is -0.347 e. The first-order valence-electron chi connectivity index (χ1n) is 6.95. The third-order valence-corrected chi connectivity index (χ3v) is 3.88. The molecule has 3 rings (SSSR count). The van der Waals surface area contributed by atoms with Crippen molar-refractivity contribution in [2.24, 2.45) is 5.92 Å². The van der Waals surface area contributed by atoms with Crippen molar-refractivity contribution in [3.63, 3.8) is 0 Å². The van der Waals surface area contributed by atoms with Gasteiger partial charge in [-0.1, -0.05) is 23.7 Å². The zero-order chi connectivity index (χ0) is 15.5. The quantitative estimate of drug-likeness (QED) is 0.787. The summed E-state index contributed by atoms with van der Waals surface area (Å²) in [5, 5.41) is 12.3. The molecule has 114 valence electrons. The molecule has 1 saturated carbocycles. The predicted molar refractivity (Wildman–Crippen MR) is 82.5 cm³/mol. The highest BCUT2D eigenvalue weighted by atomic mass is 35.5. The maximum Gasteiger partial charge on any atom is 0.243 e. The van der Waals surface area contributed by atoms with Crippen molar-refractivity contribution < 1.29 is 9.59 Å². The summed E-state index contributed by atoms with van der Waals surface area (Å²) in [4.78, 5) is 23.7. The van der Waals surface area contributed by atoms with E-state index in [0.29, 0.717) is 10.7 Å². The molecule has 7 heteroatoms. The van der Waals surface area contributed by atoms with Crippen LogP contribution in [-0.2, 0) is 9.59 Å². The molecule has 22 heavy (non-hydrogen) atoms. The van der Waals surface area contributed by atoms with Crippen molar-refractivity contribution in [2.75, 3.05) is 11.9 Å². The Kier molecular flexibility index (Phi) is 4.11. The summed E-state index contributed by atoms with van der Waals surface area (Å²) in [5.41, 5.74) is 1.68. The molecule has 2 aromatic rings. The first kappa shape index (κ1) is 14.6. The molecular formula is C15H15ClN4O2. The number of aromatic nitrogens is 2. The van der Waals surface area contributed by atoms with Gasteiger partial charge < -0.3 is 10.6 Å². The molecule has 2 atom stereocenters. The molecule has 1 aromatic heterocycles. The second-order valence-electron chi connectivity index (χ2n) is 5.25. The highest BCUT2D eigenvalue weighted by Gasteiger charge is 2.43. The van der Waals surface area contributed by atoms with Crippen LogP contribution >= 0.6 is 11.6 Å². The van der Waals surface area contributed by atoms with E-state index in [0.717, 1.165) is 12.0 Å². The Labute approximate surface area is 132 Å². The van der Waals surface area contributed by atoms with Crippen LogP contribution in [0.4, 0.5) is 5.69 Å². The second kappa shape index (κ2) is 6.19. The summed E-state index contributed by atoms with van der Waals surface area (Å²) in [6.45, 7) is -0.0478. The van der Waals surface area contributed by atoms with Gasteiger partial charge in [0.2, 0.25) is 11.8 Å². The van der Waals surface area contributed by atoms with Crippen molar-refractivity contribution in [3.8, 4) is 0 Å². The van der Waals surface area contributed by atoms with E-state index in [-0.39, 0.29) is 30.2 Å². The number of aromatic amines is 1. The van der Waals surface area contributed by atoms with Gasteiger partial charge >= 0.3 is 0 Å². The number of rotatable bonds is 5. The van der Waals surface area contributed by atoms with Crippen molar-refractivity contribution >= 4 is 29.1 Å². The maximum atomic E-state index is 12.0. The summed E-state index contributed by atoms with van der Waals surface area (Å²) >= 11 is 5.85. The summed E-state index contributed by atoms with van der Waals surface area (Å²) in [5.74, 6) is -0.224. The Morgan fingerprint density at radius 1 is 1.32 bits per heavy atom. The van der Waals surface area contributed by atoms with Gasteiger partial charge in [0, 0.05) is 17.1 Å². The van der Waals surface area contributed by atoms with Crippen LogP contribution < -0.4 is 10.6 Å². The topological polar surface area (TPSA) is 86.9 Å². The lowest BCUT2D eigenvalue weighted by atomic mass is 10.1. The number of H-pyrrole nitrogens is 1. The Bertz CT molecular complexity index is 669. The molecule has 1 aliphatic rings. The fourth-order valence-corrected chi connectivity index (χ4v) is 2.51. The molecule has 1 aliphatic carbocycles. The summed E-state index contributed by atoms with van der Waals surface area (Å²) < 4.78 is 0. The summed E-state index contributed by atoms with van der Waals surface area (Å²) in [7, 11) is 0. The third kappa shape index (κ3) is 3.46. The van der Waals surface area contributed by atoms with E-state index in [4.69, 9.17) is 11.6 Å². The van der Waals surface area contributed by atoms with Crippen molar-refractivity contribution in [1.29, 1.82) is 0 Å². The van der Waals surface area contributed by atoms with Crippen molar-refractivity contribution in [2.45, 2.75) is 12.3 Å². The van der Waals surface area contributed by atoms with Gasteiger partial charge in [-0.25, -0.2) is 0 Å². The molecule has 0 saturated heterocycles. The lowest BCUT2D eigenvalue weighted by molar-refractivity contribution is -0.125. The Morgan fingerprint density at radius 3 is 2.77 bits per heavy atom. The standard InChI is InChI=1S/C15H15ClN4O2/c16-10-3-1-9(2-4-10)12-5-13(12)15(22)17-8-14(21)20-11-6-18-19-7-11/h1-4,6-7,12-13H,5,8H2,(H,17,22)(H,18,19)(H,20,21)/t12-,13-/m1/s1. The van der Waals surface area contributed by atoms with Gasteiger partial charge in [0.1, 0.15) is 0 Å². The Hall–Kier alpha value is -2.34. The maximum absolute atomic E-state index is 12.0. The average molecular weight is 319 g/mol. The molecule has 1 aromatic carbocycles. The van der Waals surface area contributed by atoms with E-state index in [2.05, 4.69) is 20.8 Å². The molecule has 0 spiro atoms. The first-order valence-corrected chi connectivity index (χ1v) is 7.33. The lowest BCUT2D eigenvalue weighted by Gasteiger charge is -2.05. The van der Waals surface area contributed by atoms with Crippen LogP contribution in [0.2, 0.25) is 5.02 Å². The second-order valence-corrected chi connectivity index (χ2v) is 5.69. The SMILES string of the molecule is O=C(CNC(=O)[C@@H]1C[C@@H]1c1ccc(Cl)cc1)Nc1cn[nH]c1. The van der Waals surface area contributed by atoms with Gasteiger partial charge in [0.15, 0.2) is 0 Å². The number of anilines is 1. The number of hydrogen-bond acceptors (Lipinski definition) is 3. The number of carbonyl (C=O) groups excluding carboxylic acids is 2. The fraction of sp³-hybridized carbons (Fsp3) is 0.267. The van der Waals surface area contributed by atoms with Gasteiger partial charge in [0.25, 0.3) is 0 Å². The van der Waals surface area contributed by atoms with Crippen LogP contribution in [0.25, 0.3) is 0 Å². The van der Waals surface area contributed by atoms with Gasteiger partial charge in [-0.3, -0.25) is 14.7 Å². The van der Waals surface area contributed by atoms with E-state index >= 15 is 0 Å². The number of benzene rings is 1. The number of nitrogens with zero attached hydrogens (tertiary/aromatic N) is 1. The zero-order valence-electron chi connectivity index (χ0n) is 11.7. The minimum atomic E-state index is -0.279. The van der Waals surface area contributed by atoms with Crippen LogP contribution in [0, 0.1) is 5.92 Å². The molecule has 1 fully saturated rings. The smallest absolute Gasteiger partial charge is 0.243 e. The average Bonchev–Trinajstić information content (AvgIpc) is 3.15. The summed E-state index contributed by atoms with van der Waals surface area (Å²) in [6, 6.07) is 7.52. The molecule has 2 amide bonds. The van der Waals surface area contributed by atoms with Gasteiger partial charge in [0.05, 0.1) is 18.4 Å². The number of hydrogen-bond donors (Lipinski definition) is 3. The fourth-order valence-electron chi connectivity index (χ4n) is 2.39. The monoisotopic (exact) mass is 318 g/mol. The van der Waals surface area contributed by atoms with E-state index in [1.807, 2.05) is 24.3 Å². The minimum absolute atomic E-state index is 0.0478. The Morgan fingerprint density at radius 2 is 2.09 bits per heavy atom. The first-order chi connectivity index (χ1) is 10.6. The van der Waals surface area contributed by atoms with Gasteiger partial charge in [-0.05, 0) is 30.0 Å².